The number of nitrogens with zero attached hydrogens (tertiary/aromatic N) is 2. The van der Waals surface area contributed by atoms with Gasteiger partial charge in [-0.3, -0.25) is 0 Å². The Kier molecular flexibility index (Phi) is 4.48. The monoisotopic (exact) mass is 325 g/mol. The van der Waals surface area contributed by atoms with Gasteiger partial charge in [0.25, 0.3) is 0 Å². The van der Waals surface area contributed by atoms with Crippen molar-refractivity contribution >= 4 is 23.2 Å². The largest absolute Gasteiger partial charge is 0.339 e. The summed E-state index contributed by atoms with van der Waals surface area (Å²) in [6, 6.07) is 5.77. The number of rotatable bonds is 3. The Bertz CT molecular complexity index is 629. The van der Waals surface area contributed by atoms with Crippen LogP contribution < -0.4 is 5.73 Å². The molecule has 3 rings (SSSR count). The molecule has 0 spiro atoms. The van der Waals surface area contributed by atoms with E-state index in [0.29, 0.717) is 34.1 Å². The van der Waals surface area contributed by atoms with E-state index in [0.717, 1.165) is 31.2 Å². The Labute approximate surface area is 133 Å². The number of hydrogen-bond donors (Lipinski definition) is 1. The molecule has 1 aliphatic carbocycles. The molecular weight excluding hydrogens is 309 g/mol. The van der Waals surface area contributed by atoms with Gasteiger partial charge in [0.1, 0.15) is 0 Å². The Morgan fingerprint density at radius 2 is 2.10 bits per heavy atom. The average Bonchev–Trinajstić information content (AvgIpc) is 2.91. The van der Waals surface area contributed by atoms with E-state index in [-0.39, 0.29) is 6.04 Å². The number of aromatic nitrogens is 2. The third kappa shape index (κ3) is 3.57. The quantitative estimate of drug-likeness (QED) is 0.927. The topological polar surface area (TPSA) is 64.9 Å². The van der Waals surface area contributed by atoms with Gasteiger partial charge in [-0.1, -0.05) is 40.8 Å². The van der Waals surface area contributed by atoms with E-state index in [2.05, 4.69) is 10.1 Å². The minimum absolute atomic E-state index is 0.245. The summed E-state index contributed by atoms with van der Waals surface area (Å²) in [6.45, 7) is 0. The second-order valence-corrected chi connectivity index (χ2v) is 6.41. The number of nitrogens with two attached hydrogens (primary N) is 1. The van der Waals surface area contributed by atoms with Crippen LogP contribution in [-0.2, 0) is 6.42 Å². The summed E-state index contributed by atoms with van der Waals surface area (Å²) < 4.78 is 5.40. The van der Waals surface area contributed by atoms with E-state index in [1.807, 2.05) is 12.1 Å². The lowest BCUT2D eigenvalue weighted by molar-refractivity contribution is 0.297. The normalized spacial score (nSPS) is 22.4. The van der Waals surface area contributed by atoms with Crippen LogP contribution in [0, 0.1) is 0 Å². The van der Waals surface area contributed by atoms with Crippen LogP contribution in [0.3, 0.4) is 0 Å². The van der Waals surface area contributed by atoms with Gasteiger partial charge >= 0.3 is 0 Å². The van der Waals surface area contributed by atoms with Gasteiger partial charge in [0, 0.05) is 18.4 Å². The van der Waals surface area contributed by atoms with Crippen LogP contribution in [0.25, 0.3) is 0 Å². The van der Waals surface area contributed by atoms with Crippen molar-refractivity contribution in [2.75, 3.05) is 0 Å². The maximum absolute atomic E-state index is 6.01. The second kappa shape index (κ2) is 6.34. The van der Waals surface area contributed by atoms with Crippen LogP contribution in [0.2, 0.25) is 10.0 Å². The fraction of sp³-hybridized carbons (Fsp3) is 0.467. The number of halogens is 2. The first kappa shape index (κ1) is 14.8. The van der Waals surface area contributed by atoms with Crippen LogP contribution in [0.15, 0.2) is 22.7 Å². The van der Waals surface area contributed by atoms with Crippen LogP contribution in [0.1, 0.15) is 48.9 Å². The minimum atomic E-state index is 0.245. The van der Waals surface area contributed by atoms with Crippen molar-refractivity contribution in [2.45, 2.75) is 44.1 Å². The second-order valence-electron chi connectivity index (χ2n) is 5.60. The van der Waals surface area contributed by atoms with Crippen LogP contribution >= 0.6 is 23.2 Å². The van der Waals surface area contributed by atoms with Gasteiger partial charge in [-0.2, -0.15) is 4.98 Å². The molecule has 21 heavy (non-hydrogen) atoms. The van der Waals surface area contributed by atoms with Crippen molar-refractivity contribution in [1.29, 1.82) is 0 Å². The van der Waals surface area contributed by atoms with E-state index >= 15 is 0 Å². The van der Waals surface area contributed by atoms with Crippen LogP contribution in [0.5, 0.6) is 0 Å². The van der Waals surface area contributed by atoms with Gasteiger partial charge in [0.2, 0.25) is 5.89 Å². The van der Waals surface area contributed by atoms with Gasteiger partial charge in [0.15, 0.2) is 5.82 Å². The van der Waals surface area contributed by atoms with E-state index in [4.69, 9.17) is 33.5 Å². The Morgan fingerprint density at radius 1 is 1.24 bits per heavy atom. The molecule has 1 aromatic carbocycles. The first-order chi connectivity index (χ1) is 10.1. The standard InChI is InChI=1S/C15H17Cl2N3O/c16-12-5-4-9(6-13(12)17)7-14-19-15(21-20-14)10-2-1-3-11(18)8-10/h4-6,10-11H,1-3,7-8,18H2. The molecule has 6 heteroatoms. The summed E-state index contributed by atoms with van der Waals surface area (Å²) in [5.41, 5.74) is 7.02. The SMILES string of the molecule is NC1CCCC(c2nc(Cc3ccc(Cl)c(Cl)c3)no2)C1. The zero-order valence-corrected chi connectivity index (χ0v) is 13.1. The van der Waals surface area contributed by atoms with Gasteiger partial charge in [0.05, 0.1) is 10.0 Å². The highest BCUT2D eigenvalue weighted by Gasteiger charge is 2.25. The van der Waals surface area contributed by atoms with Crippen molar-refractivity contribution in [1.82, 2.24) is 10.1 Å². The van der Waals surface area contributed by atoms with Crippen molar-refractivity contribution in [3.63, 3.8) is 0 Å². The molecule has 1 aromatic heterocycles. The first-order valence-corrected chi connectivity index (χ1v) is 7.89. The molecule has 0 bridgehead atoms. The first-order valence-electron chi connectivity index (χ1n) is 7.14. The molecule has 1 aliphatic rings. The maximum Gasteiger partial charge on any atom is 0.229 e. The summed E-state index contributed by atoms with van der Waals surface area (Å²) in [6.07, 6.45) is 4.78. The number of benzene rings is 1. The molecule has 2 aromatic rings. The average molecular weight is 326 g/mol. The van der Waals surface area contributed by atoms with Gasteiger partial charge < -0.3 is 10.3 Å². The van der Waals surface area contributed by atoms with E-state index in [1.54, 1.807) is 6.07 Å². The minimum Gasteiger partial charge on any atom is -0.339 e. The molecule has 2 N–H and O–H groups in total. The molecule has 1 saturated carbocycles. The Hall–Kier alpha value is -1.10. The third-order valence-corrected chi connectivity index (χ3v) is 4.63. The molecule has 4 nitrogen and oxygen atoms in total. The van der Waals surface area contributed by atoms with E-state index < -0.39 is 0 Å². The summed E-state index contributed by atoms with van der Waals surface area (Å²) in [7, 11) is 0. The molecule has 1 fully saturated rings. The van der Waals surface area contributed by atoms with Crippen molar-refractivity contribution in [3.8, 4) is 0 Å². The zero-order chi connectivity index (χ0) is 14.8. The summed E-state index contributed by atoms with van der Waals surface area (Å²) in [5, 5.41) is 5.15. The van der Waals surface area contributed by atoms with E-state index in [9.17, 15) is 0 Å². The lowest BCUT2D eigenvalue weighted by Gasteiger charge is -2.23. The highest BCUT2D eigenvalue weighted by Crippen LogP contribution is 2.31. The molecule has 2 atom stereocenters. The molecule has 0 saturated heterocycles. The molecule has 1 heterocycles. The van der Waals surface area contributed by atoms with Crippen LogP contribution in [0.4, 0.5) is 0 Å². The lowest BCUT2D eigenvalue weighted by atomic mass is 9.86. The summed E-state index contributed by atoms with van der Waals surface area (Å²) >= 11 is 11.9. The van der Waals surface area contributed by atoms with Crippen LogP contribution in [-0.4, -0.2) is 16.2 Å². The predicted octanol–water partition coefficient (Wildman–Crippen LogP) is 3.95. The van der Waals surface area contributed by atoms with Gasteiger partial charge in [-0.25, -0.2) is 0 Å². The molecule has 0 amide bonds. The van der Waals surface area contributed by atoms with Gasteiger partial charge in [-0.15, -0.1) is 0 Å². The molecular formula is C15H17Cl2N3O. The Morgan fingerprint density at radius 3 is 2.86 bits per heavy atom. The Balaban J connectivity index is 1.71. The summed E-state index contributed by atoms with van der Waals surface area (Å²) in [5.74, 6) is 1.67. The molecule has 2 unspecified atom stereocenters. The molecule has 0 aliphatic heterocycles. The van der Waals surface area contributed by atoms with Crippen molar-refractivity contribution in [3.05, 3.63) is 45.5 Å². The smallest absolute Gasteiger partial charge is 0.229 e. The lowest BCUT2D eigenvalue weighted by Crippen LogP contribution is -2.26. The van der Waals surface area contributed by atoms with Crippen molar-refractivity contribution in [2.24, 2.45) is 5.73 Å². The fourth-order valence-electron chi connectivity index (χ4n) is 2.79. The fourth-order valence-corrected chi connectivity index (χ4v) is 3.11. The van der Waals surface area contributed by atoms with Crippen molar-refractivity contribution < 1.29 is 4.52 Å². The summed E-state index contributed by atoms with van der Waals surface area (Å²) in [4.78, 5) is 4.51. The predicted molar refractivity (Wildman–Crippen MR) is 82.8 cm³/mol. The van der Waals surface area contributed by atoms with Gasteiger partial charge in [-0.05, 0) is 37.0 Å². The van der Waals surface area contributed by atoms with E-state index in [1.165, 1.54) is 0 Å². The highest BCUT2D eigenvalue weighted by atomic mass is 35.5. The third-order valence-electron chi connectivity index (χ3n) is 3.89. The molecule has 0 radical (unpaired) electrons. The highest BCUT2D eigenvalue weighted by molar-refractivity contribution is 6.42. The number of hydrogen-bond acceptors (Lipinski definition) is 4. The maximum atomic E-state index is 6.01. The molecule has 112 valence electrons. The zero-order valence-electron chi connectivity index (χ0n) is 11.6.